The Kier molecular flexibility index (Phi) is 5.64. The topological polar surface area (TPSA) is 42.0 Å². The Balaban J connectivity index is 1.60. The van der Waals surface area contributed by atoms with Crippen molar-refractivity contribution in [3.05, 3.63) is 87.4 Å². The molecule has 1 amide bonds. The number of aryl methyl sites for hydroxylation is 1. The van der Waals surface area contributed by atoms with Crippen LogP contribution in [-0.4, -0.2) is 10.9 Å². The molecule has 0 saturated carbocycles. The molecular formula is C20H17ClN2OS. The first-order valence-corrected chi connectivity index (χ1v) is 9.03. The van der Waals surface area contributed by atoms with Crippen LogP contribution >= 0.6 is 22.9 Å². The van der Waals surface area contributed by atoms with Crippen LogP contribution in [0.5, 0.6) is 0 Å². The third kappa shape index (κ3) is 5.02. The Hall–Kier alpha value is -2.43. The van der Waals surface area contributed by atoms with Crippen molar-refractivity contribution in [1.29, 1.82) is 0 Å². The largest absolute Gasteiger partial charge is 0.298 e. The summed E-state index contributed by atoms with van der Waals surface area (Å²) in [6.07, 6.45) is 5.77. The van der Waals surface area contributed by atoms with Crippen LogP contribution in [0.25, 0.3) is 6.08 Å². The van der Waals surface area contributed by atoms with Crippen LogP contribution in [0.1, 0.15) is 21.6 Å². The van der Waals surface area contributed by atoms with Gasteiger partial charge in [-0.2, -0.15) is 0 Å². The Bertz CT molecular complexity index is 900. The molecule has 0 aliphatic carbocycles. The molecule has 3 rings (SSSR count). The maximum atomic E-state index is 12.0. The molecular weight excluding hydrogens is 352 g/mol. The van der Waals surface area contributed by atoms with E-state index in [1.807, 2.05) is 55.5 Å². The van der Waals surface area contributed by atoms with Crippen molar-refractivity contribution in [2.24, 2.45) is 0 Å². The number of benzene rings is 2. The van der Waals surface area contributed by atoms with Gasteiger partial charge in [-0.15, -0.1) is 11.3 Å². The summed E-state index contributed by atoms with van der Waals surface area (Å²) < 4.78 is 0. The third-order valence-corrected chi connectivity index (χ3v) is 4.89. The molecule has 25 heavy (non-hydrogen) atoms. The maximum absolute atomic E-state index is 12.0. The van der Waals surface area contributed by atoms with Crippen LogP contribution in [0.4, 0.5) is 5.13 Å². The number of nitrogens with zero attached hydrogens (tertiary/aromatic N) is 1. The summed E-state index contributed by atoms with van der Waals surface area (Å²) in [7, 11) is 0. The van der Waals surface area contributed by atoms with E-state index in [2.05, 4.69) is 10.3 Å². The predicted molar refractivity (Wildman–Crippen MR) is 105 cm³/mol. The first-order chi connectivity index (χ1) is 12.1. The molecule has 0 saturated heterocycles. The minimum absolute atomic E-state index is 0.195. The van der Waals surface area contributed by atoms with E-state index in [0.29, 0.717) is 11.6 Å². The Morgan fingerprint density at radius 3 is 2.72 bits per heavy atom. The molecule has 1 heterocycles. The fourth-order valence-electron chi connectivity index (χ4n) is 2.27. The fourth-order valence-corrected chi connectivity index (χ4v) is 3.31. The van der Waals surface area contributed by atoms with Gasteiger partial charge in [0.1, 0.15) is 0 Å². The molecule has 5 heteroatoms. The zero-order chi connectivity index (χ0) is 17.6. The second-order valence-corrected chi connectivity index (χ2v) is 7.16. The van der Waals surface area contributed by atoms with Gasteiger partial charge < -0.3 is 0 Å². The van der Waals surface area contributed by atoms with E-state index in [9.17, 15) is 4.79 Å². The number of thiazole rings is 1. The summed E-state index contributed by atoms with van der Waals surface area (Å²) in [6, 6.07) is 15.7. The highest BCUT2D eigenvalue weighted by atomic mass is 35.5. The Morgan fingerprint density at radius 1 is 1.20 bits per heavy atom. The lowest BCUT2D eigenvalue weighted by atomic mass is 10.1. The molecule has 3 aromatic rings. The zero-order valence-electron chi connectivity index (χ0n) is 13.7. The number of hydrogen-bond donors (Lipinski definition) is 1. The quantitative estimate of drug-likeness (QED) is 0.617. The highest BCUT2D eigenvalue weighted by molar-refractivity contribution is 7.15. The number of aromatic nitrogens is 1. The second-order valence-electron chi connectivity index (χ2n) is 5.63. The van der Waals surface area contributed by atoms with Gasteiger partial charge >= 0.3 is 0 Å². The van der Waals surface area contributed by atoms with Gasteiger partial charge in [0.2, 0.25) is 5.91 Å². The highest BCUT2D eigenvalue weighted by Crippen LogP contribution is 2.24. The molecule has 0 radical (unpaired) electrons. The molecule has 3 nitrogen and oxygen atoms in total. The van der Waals surface area contributed by atoms with E-state index in [4.69, 9.17) is 11.6 Å². The molecule has 0 fully saturated rings. The summed E-state index contributed by atoms with van der Waals surface area (Å²) in [5.41, 5.74) is 3.22. The zero-order valence-corrected chi connectivity index (χ0v) is 15.3. The lowest BCUT2D eigenvalue weighted by Gasteiger charge is -2.00. The van der Waals surface area contributed by atoms with Crippen molar-refractivity contribution >= 4 is 40.1 Å². The van der Waals surface area contributed by atoms with Crippen molar-refractivity contribution < 1.29 is 4.79 Å². The van der Waals surface area contributed by atoms with Gasteiger partial charge in [-0.3, -0.25) is 10.1 Å². The molecule has 0 aliphatic heterocycles. The molecule has 126 valence electrons. The van der Waals surface area contributed by atoms with Gasteiger partial charge in [-0.05, 0) is 30.2 Å². The minimum Gasteiger partial charge on any atom is -0.298 e. The normalized spacial score (nSPS) is 11.0. The highest BCUT2D eigenvalue weighted by Gasteiger charge is 2.07. The monoisotopic (exact) mass is 368 g/mol. The fraction of sp³-hybridized carbons (Fsp3) is 0.100. The number of amides is 1. The van der Waals surface area contributed by atoms with Crippen LogP contribution in [-0.2, 0) is 11.2 Å². The molecule has 0 aliphatic rings. The number of halogens is 1. The van der Waals surface area contributed by atoms with E-state index >= 15 is 0 Å². The van der Waals surface area contributed by atoms with Crippen LogP contribution < -0.4 is 5.32 Å². The summed E-state index contributed by atoms with van der Waals surface area (Å²) in [4.78, 5) is 17.3. The summed E-state index contributed by atoms with van der Waals surface area (Å²) in [6.45, 7) is 2.03. The number of anilines is 1. The van der Waals surface area contributed by atoms with E-state index in [1.54, 1.807) is 12.3 Å². The van der Waals surface area contributed by atoms with Crippen molar-refractivity contribution in [3.8, 4) is 0 Å². The average Bonchev–Trinajstić information content (AvgIpc) is 3.03. The van der Waals surface area contributed by atoms with Crippen molar-refractivity contribution in [2.45, 2.75) is 13.3 Å². The molecule has 0 unspecified atom stereocenters. The lowest BCUT2D eigenvalue weighted by Crippen LogP contribution is -2.07. The number of carbonyl (C=O) groups excluding carboxylic acids is 1. The predicted octanol–water partition coefficient (Wildman–Crippen LogP) is 5.35. The number of hydrogen-bond acceptors (Lipinski definition) is 3. The van der Waals surface area contributed by atoms with E-state index in [0.717, 1.165) is 21.0 Å². The molecule has 2 aromatic carbocycles. The number of carbonyl (C=O) groups is 1. The van der Waals surface area contributed by atoms with Gasteiger partial charge in [0.05, 0.1) is 0 Å². The Morgan fingerprint density at radius 2 is 1.96 bits per heavy atom. The molecule has 0 atom stereocenters. The van der Waals surface area contributed by atoms with Gasteiger partial charge in [-0.1, -0.05) is 59.6 Å². The standard InChI is InChI=1S/C20H17ClN2OS/c1-14-6-8-15(9-7-14)10-11-19(24)23-20-22-13-17(25-20)12-16-4-2-3-5-18(16)21/h2-11,13H,12H2,1H3,(H,22,23,24)/b11-10+. The summed E-state index contributed by atoms with van der Waals surface area (Å²) in [5.74, 6) is -0.195. The first-order valence-electron chi connectivity index (χ1n) is 7.84. The van der Waals surface area contributed by atoms with E-state index < -0.39 is 0 Å². The van der Waals surface area contributed by atoms with Crippen molar-refractivity contribution in [3.63, 3.8) is 0 Å². The van der Waals surface area contributed by atoms with Crippen LogP contribution in [0.2, 0.25) is 5.02 Å². The van der Waals surface area contributed by atoms with Gasteiger partial charge in [0.25, 0.3) is 0 Å². The van der Waals surface area contributed by atoms with E-state index in [1.165, 1.54) is 23.0 Å². The van der Waals surface area contributed by atoms with Crippen molar-refractivity contribution in [2.75, 3.05) is 5.32 Å². The lowest BCUT2D eigenvalue weighted by molar-refractivity contribution is -0.111. The number of rotatable bonds is 5. The minimum atomic E-state index is -0.195. The first kappa shape index (κ1) is 17.4. The second kappa shape index (κ2) is 8.10. The van der Waals surface area contributed by atoms with Crippen LogP contribution in [0.15, 0.2) is 60.8 Å². The Labute approximate surface area is 156 Å². The summed E-state index contributed by atoms with van der Waals surface area (Å²) >= 11 is 7.63. The van der Waals surface area contributed by atoms with Crippen LogP contribution in [0.3, 0.4) is 0 Å². The smallest absolute Gasteiger partial charge is 0.250 e. The van der Waals surface area contributed by atoms with Crippen molar-refractivity contribution in [1.82, 2.24) is 4.98 Å². The SMILES string of the molecule is Cc1ccc(/C=C/C(=O)Nc2ncc(Cc3ccccc3Cl)s2)cc1. The van der Waals surface area contributed by atoms with Gasteiger partial charge in [0, 0.05) is 28.6 Å². The summed E-state index contributed by atoms with van der Waals surface area (Å²) in [5, 5.41) is 4.12. The van der Waals surface area contributed by atoms with Crippen LogP contribution in [0, 0.1) is 6.92 Å². The average molecular weight is 369 g/mol. The van der Waals surface area contributed by atoms with E-state index in [-0.39, 0.29) is 5.91 Å². The molecule has 1 N–H and O–H groups in total. The molecule has 1 aromatic heterocycles. The number of nitrogens with one attached hydrogen (secondary N) is 1. The molecule has 0 bridgehead atoms. The van der Waals surface area contributed by atoms with Gasteiger partial charge in [-0.25, -0.2) is 4.98 Å². The third-order valence-electron chi connectivity index (χ3n) is 3.61. The maximum Gasteiger partial charge on any atom is 0.250 e. The van der Waals surface area contributed by atoms with Gasteiger partial charge in [0.15, 0.2) is 5.13 Å². The molecule has 0 spiro atoms.